The number of thiocarbonyl (C=S) groups is 1. The maximum Gasteiger partial charge on any atom is 0.321 e. The van der Waals surface area contributed by atoms with Crippen molar-refractivity contribution in [2.45, 2.75) is 201 Å². The lowest BCUT2D eigenvalue weighted by atomic mass is 10.0. The van der Waals surface area contributed by atoms with Crippen molar-refractivity contribution in [1.82, 2.24) is 0 Å². The number of unbranched alkanes of at least 4 members (excludes halogenated alkanes) is 18. The third-order valence-corrected chi connectivity index (χ3v) is 9.34. The van der Waals surface area contributed by atoms with E-state index >= 15 is 0 Å². The quantitative estimate of drug-likeness (QED) is 0.0329. The van der Waals surface area contributed by atoms with Crippen molar-refractivity contribution >= 4 is 42.0 Å². The molecule has 0 saturated heterocycles. The molecule has 0 saturated carbocycles. The van der Waals surface area contributed by atoms with Crippen LogP contribution in [0.3, 0.4) is 0 Å². The first-order valence-corrected chi connectivity index (χ1v) is 19.0. The van der Waals surface area contributed by atoms with Crippen molar-refractivity contribution in [3.8, 4) is 0 Å². The van der Waals surface area contributed by atoms with Gasteiger partial charge in [0.1, 0.15) is 11.2 Å². The van der Waals surface area contributed by atoms with Gasteiger partial charge in [0.2, 0.25) is 4.99 Å². The third kappa shape index (κ3) is 23.6. The smallest absolute Gasteiger partial charge is 0.321 e. The summed E-state index contributed by atoms with van der Waals surface area (Å²) in [5.41, 5.74) is -1.33. The van der Waals surface area contributed by atoms with Crippen molar-refractivity contribution < 1.29 is 23.0 Å². The van der Waals surface area contributed by atoms with Crippen LogP contribution in [0.15, 0.2) is 0 Å². The van der Waals surface area contributed by atoms with Crippen LogP contribution in [0, 0.1) is 5.92 Å². The van der Waals surface area contributed by atoms with Gasteiger partial charge < -0.3 is 9.47 Å². The number of carbonyl (C=O) groups is 2. The van der Waals surface area contributed by atoms with Crippen molar-refractivity contribution in [2.24, 2.45) is 5.92 Å². The Bertz CT molecular complexity index is 748. The minimum atomic E-state index is -0.872. The molecule has 7 heteroatoms. The zero-order valence-corrected chi connectivity index (χ0v) is 32.0. The second-order valence-corrected chi connectivity index (χ2v) is 16.1. The number of ether oxygens (including phenoxy) is 2. The van der Waals surface area contributed by atoms with Crippen molar-refractivity contribution in [3.05, 3.63) is 0 Å². The number of thiol groups is 1. The maximum absolute atomic E-state index is 13.5. The van der Waals surface area contributed by atoms with Gasteiger partial charge in [-0.1, -0.05) is 117 Å². The largest absolute Gasteiger partial charge is 0.460 e. The lowest BCUT2D eigenvalue weighted by molar-refractivity contribution is -0.696. The Morgan fingerprint density at radius 3 is 1.23 bits per heavy atom. The highest BCUT2D eigenvalue weighted by molar-refractivity contribution is 7.82. The van der Waals surface area contributed by atoms with Crippen LogP contribution in [-0.4, -0.2) is 45.1 Å². The fraction of sp³-hybridized carbons (Fsp3) is 0.919. The van der Waals surface area contributed by atoms with Crippen molar-refractivity contribution in [2.75, 3.05) is 13.1 Å². The molecule has 44 heavy (non-hydrogen) atoms. The van der Waals surface area contributed by atoms with Gasteiger partial charge in [-0.25, -0.2) is 3.89 Å². The Morgan fingerprint density at radius 2 is 0.909 bits per heavy atom. The molecule has 0 amide bonds. The fourth-order valence-corrected chi connectivity index (χ4v) is 6.32. The molecule has 0 bridgehead atoms. The number of hydrogen-bond acceptors (Lipinski definition) is 6. The normalized spacial score (nSPS) is 13.1. The SMILES string of the molecule is CCCCCCCCCCCC[N+](S)(CCCCCCCCCCCC)C(=S)C(CC(=O)OC(C)(C)C)C(=O)OC(C)(C)C. The predicted molar refractivity (Wildman–Crippen MR) is 195 cm³/mol. The lowest BCUT2D eigenvalue weighted by Gasteiger charge is -2.35. The molecule has 260 valence electrons. The van der Waals surface area contributed by atoms with Gasteiger partial charge in [0.15, 0.2) is 5.92 Å². The van der Waals surface area contributed by atoms with E-state index < -0.39 is 29.1 Å². The van der Waals surface area contributed by atoms with E-state index in [2.05, 4.69) is 13.8 Å². The van der Waals surface area contributed by atoms with Crippen molar-refractivity contribution in [3.63, 3.8) is 0 Å². The first-order chi connectivity index (χ1) is 20.6. The molecule has 1 atom stereocenters. The van der Waals surface area contributed by atoms with Crippen LogP contribution in [0.25, 0.3) is 0 Å². The molecular weight excluding hydrogens is 587 g/mol. The van der Waals surface area contributed by atoms with Crippen LogP contribution in [-0.2, 0) is 19.1 Å². The number of quaternary nitrogens is 1. The minimum absolute atomic E-state index is 0.123. The molecule has 0 radical (unpaired) electrons. The van der Waals surface area contributed by atoms with Gasteiger partial charge in [-0.15, -0.1) is 0 Å². The third-order valence-electron chi connectivity index (χ3n) is 7.95. The zero-order valence-electron chi connectivity index (χ0n) is 30.3. The summed E-state index contributed by atoms with van der Waals surface area (Å²) in [6.45, 7) is 17.1. The summed E-state index contributed by atoms with van der Waals surface area (Å²) < 4.78 is 11.6. The van der Waals surface area contributed by atoms with Crippen molar-refractivity contribution in [1.29, 1.82) is 0 Å². The molecular formula is C37H72NO4S2+. The van der Waals surface area contributed by atoms with Gasteiger partial charge in [-0.2, -0.15) is 0 Å². The van der Waals surface area contributed by atoms with E-state index in [1.54, 1.807) is 0 Å². The van der Waals surface area contributed by atoms with E-state index in [1.807, 2.05) is 41.5 Å². The average molecular weight is 659 g/mol. The standard InChI is InChI=1S/C37H72NO4S2/c1-9-11-13-15-17-19-21-23-25-27-29-38(44,30-28-26-24-22-20-18-16-14-12-10-2)34(43)32(35(40)42-37(6,7)8)31-33(39)41-36(3,4)5/h32,44H,9-31H2,1-8H3/q+1. The average Bonchev–Trinajstić information content (AvgIpc) is 2.91. The number of nitrogens with zero attached hydrogens (tertiary/aromatic N) is 1. The van der Waals surface area contributed by atoms with Crippen LogP contribution in [0.5, 0.6) is 0 Å². The van der Waals surface area contributed by atoms with Gasteiger partial charge in [0.05, 0.1) is 32.3 Å². The molecule has 0 spiro atoms. The molecule has 0 aliphatic carbocycles. The van der Waals surface area contributed by atoms with Gasteiger partial charge in [-0.05, 0) is 79.4 Å². The highest BCUT2D eigenvalue weighted by Gasteiger charge is 2.42. The topological polar surface area (TPSA) is 52.6 Å². The second kappa shape index (κ2) is 24.5. The maximum atomic E-state index is 13.5. The first-order valence-electron chi connectivity index (χ1n) is 18.2. The van der Waals surface area contributed by atoms with E-state index in [-0.39, 0.29) is 10.3 Å². The van der Waals surface area contributed by atoms with Crippen LogP contribution in [0.2, 0.25) is 0 Å². The molecule has 0 aliphatic heterocycles. The number of hydrogen-bond donors (Lipinski definition) is 1. The van der Waals surface area contributed by atoms with Gasteiger partial charge in [0.25, 0.3) is 0 Å². The summed E-state index contributed by atoms with van der Waals surface area (Å²) in [6, 6.07) is 0. The van der Waals surface area contributed by atoms with Gasteiger partial charge in [0, 0.05) is 0 Å². The summed E-state index contributed by atoms with van der Waals surface area (Å²) in [5.74, 6) is -1.77. The summed E-state index contributed by atoms with van der Waals surface area (Å²) in [4.78, 5) is 26.9. The van der Waals surface area contributed by atoms with Gasteiger partial charge >= 0.3 is 11.9 Å². The van der Waals surface area contributed by atoms with E-state index in [1.165, 1.54) is 103 Å². The van der Waals surface area contributed by atoms with Crippen LogP contribution < -0.4 is 0 Å². The number of esters is 2. The Balaban J connectivity index is 5.36. The lowest BCUT2D eigenvalue weighted by Crippen LogP contribution is -2.51. The van der Waals surface area contributed by atoms with Gasteiger partial charge in [-0.3, -0.25) is 9.59 Å². The fourth-order valence-electron chi connectivity index (χ4n) is 5.54. The molecule has 0 aromatic rings. The highest BCUT2D eigenvalue weighted by atomic mass is 32.1. The number of carbonyl (C=O) groups excluding carboxylic acids is 2. The molecule has 0 rings (SSSR count). The predicted octanol–water partition coefficient (Wildman–Crippen LogP) is 11.5. The van der Waals surface area contributed by atoms with Crippen LogP contribution in [0.4, 0.5) is 0 Å². The molecule has 0 N–H and O–H groups in total. The molecule has 0 aromatic carbocycles. The Morgan fingerprint density at radius 1 is 0.591 bits per heavy atom. The van der Waals surface area contributed by atoms with E-state index in [0.29, 0.717) is 4.99 Å². The second-order valence-electron chi connectivity index (χ2n) is 14.9. The number of rotatable bonds is 26. The molecule has 0 aromatic heterocycles. The molecule has 1 unspecified atom stereocenters. The van der Waals surface area contributed by atoms with E-state index in [0.717, 1.165) is 38.8 Å². The summed E-state index contributed by atoms with van der Waals surface area (Å²) in [7, 11) is 0. The monoisotopic (exact) mass is 658 g/mol. The summed E-state index contributed by atoms with van der Waals surface area (Å²) >= 11 is 11.2. The molecule has 0 aliphatic rings. The summed E-state index contributed by atoms with van der Waals surface area (Å²) in [5, 5.41) is 0. The zero-order chi connectivity index (χ0) is 33.5. The van der Waals surface area contributed by atoms with Crippen LogP contribution >= 0.6 is 25.0 Å². The highest BCUT2D eigenvalue weighted by Crippen LogP contribution is 2.28. The first kappa shape index (κ1) is 43.3. The Kier molecular flexibility index (Phi) is 24.1. The molecule has 0 fully saturated rings. The summed E-state index contributed by atoms with van der Waals surface area (Å²) in [6.07, 6.45) is 25.0. The minimum Gasteiger partial charge on any atom is -0.460 e. The van der Waals surface area contributed by atoms with E-state index in [9.17, 15) is 9.59 Å². The Hall–Kier alpha value is -0.660. The van der Waals surface area contributed by atoms with Crippen LogP contribution in [0.1, 0.15) is 190 Å². The molecule has 5 nitrogen and oxygen atoms in total. The molecule has 0 heterocycles. The Labute approximate surface area is 284 Å². The van der Waals surface area contributed by atoms with E-state index in [4.69, 9.17) is 34.5 Å².